The molecular formula is C27H24BrIN2O3S. The van der Waals surface area contributed by atoms with E-state index in [1.807, 2.05) is 60.7 Å². The van der Waals surface area contributed by atoms with Crippen LogP contribution in [0.3, 0.4) is 0 Å². The zero-order valence-corrected chi connectivity index (χ0v) is 24.1. The number of aliphatic imine (C=N–C) groups is 1. The molecule has 35 heavy (non-hydrogen) atoms. The minimum atomic E-state index is -0.0766. The van der Waals surface area contributed by atoms with E-state index in [2.05, 4.69) is 51.5 Å². The molecule has 1 heterocycles. The summed E-state index contributed by atoms with van der Waals surface area (Å²) < 4.78 is 13.6. The molecule has 8 heteroatoms. The zero-order chi connectivity index (χ0) is 24.9. The van der Waals surface area contributed by atoms with Gasteiger partial charge in [-0.15, -0.1) is 0 Å². The maximum Gasteiger partial charge on any atom is 0.266 e. The van der Waals surface area contributed by atoms with Crippen molar-refractivity contribution in [2.75, 3.05) is 14.2 Å². The van der Waals surface area contributed by atoms with Crippen molar-refractivity contribution in [1.82, 2.24) is 4.90 Å². The molecule has 3 aromatic carbocycles. The topological polar surface area (TPSA) is 51.1 Å². The minimum absolute atomic E-state index is 0.0766. The number of thioether (sulfide) groups is 1. The number of nitrogens with zero attached hydrogens (tertiary/aromatic N) is 2. The summed E-state index contributed by atoms with van der Waals surface area (Å²) in [6.45, 7) is 2.53. The molecule has 1 aliphatic rings. The number of carbonyl (C=O) groups excluding carboxylic acids is 1. The number of aryl methyl sites for hydroxylation is 1. The van der Waals surface area contributed by atoms with Crippen LogP contribution in [-0.2, 0) is 17.8 Å². The first-order valence-electron chi connectivity index (χ1n) is 11.0. The van der Waals surface area contributed by atoms with Gasteiger partial charge in [0.15, 0.2) is 16.7 Å². The van der Waals surface area contributed by atoms with Gasteiger partial charge >= 0.3 is 0 Å². The lowest BCUT2D eigenvalue weighted by atomic mass is 10.1. The Kier molecular flexibility index (Phi) is 8.56. The lowest BCUT2D eigenvalue weighted by Crippen LogP contribution is -2.23. The second kappa shape index (κ2) is 11.6. The predicted octanol–water partition coefficient (Wildman–Crippen LogP) is 7.44. The van der Waals surface area contributed by atoms with Crippen LogP contribution in [0, 0.1) is 3.57 Å². The number of ether oxygens (including phenoxy) is 2. The maximum absolute atomic E-state index is 12.9. The number of benzene rings is 3. The number of hydrogen-bond acceptors (Lipinski definition) is 5. The summed E-state index contributed by atoms with van der Waals surface area (Å²) in [6.07, 6.45) is 2.76. The van der Waals surface area contributed by atoms with Gasteiger partial charge in [-0.3, -0.25) is 9.69 Å². The molecule has 0 unspecified atom stereocenters. The van der Waals surface area contributed by atoms with E-state index in [0.717, 1.165) is 36.8 Å². The highest BCUT2D eigenvalue weighted by atomic mass is 127. The number of amidine groups is 1. The van der Waals surface area contributed by atoms with Crippen molar-refractivity contribution < 1.29 is 14.3 Å². The summed E-state index contributed by atoms with van der Waals surface area (Å²) in [5.41, 5.74) is 3.96. The standard InChI is InChI=1S/C27H24BrIN2O3S/c1-4-19-7-5-6-8-22(19)30-27-31(2)26(32)24(35-27)15-18-13-21(29)25(23(14-18)33-3)34-16-17-9-11-20(28)12-10-17/h5-15H,4,16H2,1-3H3/b24-15+,30-27?. The third kappa shape index (κ3) is 6.10. The summed E-state index contributed by atoms with van der Waals surface area (Å²) in [6, 6.07) is 19.9. The number of carbonyl (C=O) groups is 1. The molecule has 0 aliphatic carbocycles. The Labute approximate surface area is 231 Å². The zero-order valence-electron chi connectivity index (χ0n) is 19.5. The molecule has 0 radical (unpaired) electrons. The third-order valence-corrected chi connectivity index (χ3v) is 7.83. The van der Waals surface area contributed by atoms with Gasteiger partial charge in [0.2, 0.25) is 0 Å². The first-order valence-corrected chi connectivity index (χ1v) is 13.7. The smallest absolute Gasteiger partial charge is 0.266 e. The van der Waals surface area contributed by atoms with E-state index in [-0.39, 0.29) is 5.91 Å². The predicted molar refractivity (Wildman–Crippen MR) is 155 cm³/mol. The summed E-state index contributed by atoms with van der Waals surface area (Å²) in [7, 11) is 3.38. The Balaban J connectivity index is 1.58. The SMILES string of the molecule is CCc1ccccc1N=C1S/C(=C/c2cc(I)c(OCc3ccc(Br)cc3)c(OC)c2)C(=O)N1C. The summed E-state index contributed by atoms with van der Waals surface area (Å²) in [5, 5.41) is 0.665. The summed E-state index contributed by atoms with van der Waals surface area (Å²) in [5.74, 6) is 1.22. The van der Waals surface area contributed by atoms with Crippen LogP contribution >= 0.6 is 50.3 Å². The fraction of sp³-hybridized carbons (Fsp3) is 0.185. The van der Waals surface area contributed by atoms with Crippen LogP contribution < -0.4 is 9.47 Å². The first-order chi connectivity index (χ1) is 16.9. The normalized spacial score (nSPS) is 15.8. The highest BCUT2D eigenvalue weighted by Gasteiger charge is 2.30. The largest absolute Gasteiger partial charge is 0.493 e. The Morgan fingerprint density at radius 1 is 1.14 bits per heavy atom. The molecule has 0 saturated carbocycles. The highest BCUT2D eigenvalue weighted by Crippen LogP contribution is 2.38. The average molecular weight is 663 g/mol. The van der Waals surface area contributed by atoms with E-state index in [9.17, 15) is 4.79 Å². The van der Waals surface area contributed by atoms with Gasteiger partial charge in [-0.25, -0.2) is 4.99 Å². The van der Waals surface area contributed by atoms with Crippen molar-refractivity contribution in [2.45, 2.75) is 20.0 Å². The van der Waals surface area contributed by atoms with Gasteiger partial charge in [-0.2, -0.15) is 0 Å². The molecule has 180 valence electrons. The molecule has 1 saturated heterocycles. The second-order valence-electron chi connectivity index (χ2n) is 7.80. The number of methoxy groups -OCH3 is 1. The molecule has 5 nitrogen and oxygen atoms in total. The number of para-hydroxylation sites is 1. The average Bonchev–Trinajstić information content (AvgIpc) is 3.12. The van der Waals surface area contributed by atoms with E-state index in [0.29, 0.717) is 28.2 Å². The van der Waals surface area contributed by atoms with Gasteiger partial charge in [0.25, 0.3) is 5.91 Å². The second-order valence-corrected chi connectivity index (χ2v) is 10.9. The minimum Gasteiger partial charge on any atom is -0.493 e. The maximum atomic E-state index is 12.9. The molecule has 0 bridgehead atoms. The number of halogens is 2. The van der Waals surface area contributed by atoms with Gasteiger partial charge in [0, 0.05) is 11.5 Å². The van der Waals surface area contributed by atoms with Crippen LogP contribution in [0.2, 0.25) is 0 Å². The van der Waals surface area contributed by atoms with Gasteiger partial charge in [-0.1, -0.05) is 53.2 Å². The molecule has 1 fully saturated rings. The van der Waals surface area contributed by atoms with Gasteiger partial charge in [0.05, 0.1) is 21.3 Å². The Morgan fingerprint density at radius 2 is 1.89 bits per heavy atom. The molecule has 0 aromatic heterocycles. The molecule has 1 aliphatic heterocycles. The van der Waals surface area contributed by atoms with E-state index in [4.69, 9.17) is 14.5 Å². The number of amides is 1. The van der Waals surface area contributed by atoms with Crippen LogP contribution in [0.4, 0.5) is 5.69 Å². The van der Waals surface area contributed by atoms with Gasteiger partial charge in [0.1, 0.15) is 6.61 Å². The summed E-state index contributed by atoms with van der Waals surface area (Å²) in [4.78, 5) is 19.9. The van der Waals surface area contributed by atoms with Crippen molar-refractivity contribution in [1.29, 1.82) is 0 Å². The Hall–Kier alpha value is -2.30. The van der Waals surface area contributed by atoms with E-state index in [1.54, 1.807) is 19.1 Å². The monoisotopic (exact) mass is 662 g/mol. The van der Waals surface area contributed by atoms with Crippen LogP contribution in [0.1, 0.15) is 23.6 Å². The van der Waals surface area contributed by atoms with Gasteiger partial charge < -0.3 is 9.47 Å². The molecule has 0 N–H and O–H groups in total. The van der Waals surface area contributed by atoms with Crippen molar-refractivity contribution in [3.8, 4) is 11.5 Å². The molecule has 3 aromatic rings. The molecule has 4 rings (SSSR count). The Morgan fingerprint density at radius 3 is 2.60 bits per heavy atom. The Bertz CT molecular complexity index is 1310. The van der Waals surface area contributed by atoms with E-state index in [1.165, 1.54) is 11.8 Å². The third-order valence-electron chi connectivity index (χ3n) is 5.44. The van der Waals surface area contributed by atoms with Crippen LogP contribution in [-0.4, -0.2) is 30.1 Å². The van der Waals surface area contributed by atoms with Crippen molar-refractivity contribution in [2.24, 2.45) is 4.99 Å². The van der Waals surface area contributed by atoms with Crippen molar-refractivity contribution >= 4 is 73.1 Å². The number of likely N-dealkylation sites (N-methyl/N-ethyl adjacent to an activating group) is 1. The fourth-order valence-electron chi connectivity index (χ4n) is 3.52. The lowest BCUT2D eigenvalue weighted by Gasteiger charge is -2.14. The van der Waals surface area contributed by atoms with Crippen LogP contribution in [0.25, 0.3) is 6.08 Å². The molecule has 1 amide bonds. The van der Waals surface area contributed by atoms with Gasteiger partial charge in [-0.05, 0) is 93.9 Å². The number of hydrogen-bond donors (Lipinski definition) is 0. The molecular weight excluding hydrogens is 639 g/mol. The lowest BCUT2D eigenvalue weighted by molar-refractivity contribution is -0.121. The fourth-order valence-corrected chi connectivity index (χ4v) is 5.55. The first kappa shape index (κ1) is 25.8. The van der Waals surface area contributed by atoms with Crippen molar-refractivity contribution in [3.63, 3.8) is 0 Å². The van der Waals surface area contributed by atoms with Crippen molar-refractivity contribution in [3.05, 3.63) is 90.3 Å². The molecule has 0 atom stereocenters. The van der Waals surface area contributed by atoms with Crippen LogP contribution in [0.5, 0.6) is 11.5 Å². The molecule has 0 spiro atoms. The van der Waals surface area contributed by atoms with E-state index < -0.39 is 0 Å². The number of rotatable bonds is 7. The van der Waals surface area contributed by atoms with E-state index >= 15 is 0 Å². The quantitative estimate of drug-likeness (QED) is 0.195. The van der Waals surface area contributed by atoms with Crippen LogP contribution in [0.15, 0.2) is 75.0 Å². The highest BCUT2D eigenvalue weighted by molar-refractivity contribution is 14.1. The summed E-state index contributed by atoms with van der Waals surface area (Å²) >= 11 is 7.07.